The van der Waals surface area contributed by atoms with Gasteiger partial charge in [-0.3, -0.25) is 4.79 Å². The van der Waals surface area contributed by atoms with E-state index in [2.05, 4.69) is 33.9 Å². The predicted octanol–water partition coefficient (Wildman–Crippen LogP) is 4.92. The summed E-state index contributed by atoms with van der Waals surface area (Å²) in [5.41, 5.74) is -0.00757. The van der Waals surface area contributed by atoms with Crippen molar-refractivity contribution in [3.63, 3.8) is 0 Å². The summed E-state index contributed by atoms with van der Waals surface area (Å²) in [6, 6.07) is 6.05. The van der Waals surface area contributed by atoms with E-state index in [-0.39, 0.29) is 20.7 Å². The van der Waals surface area contributed by atoms with Crippen LogP contribution in [-0.4, -0.2) is 5.91 Å². The van der Waals surface area contributed by atoms with Gasteiger partial charge in [0, 0.05) is 9.37 Å². The topological polar surface area (TPSA) is 29.1 Å². The summed E-state index contributed by atoms with van der Waals surface area (Å²) in [4.78, 5) is 12.5. The largest absolute Gasteiger partial charge is 0.320 e. The molecule has 0 aliphatic rings. The van der Waals surface area contributed by atoms with Gasteiger partial charge in [-0.15, -0.1) is 12.6 Å². The number of rotatable bonds is 2. The molecule has 0 radical (unpaired) electrons. The van der Waals surface area contributed by atoms with Crippen LogP contribution in [0.2, 0.25) is 5.02 Å². The molecule has 1 amide bonds. The Balaban J connectivity index is 2.35. The van der Waals surface area contributed by atoms with Crippen molar-refractivity contribution >= 4 is 51.8 Å². The first-order chi connectivity index (χ1) is 9.38. The van der Waals surface area contributed by atoms with Gasteiger partial charge in [-0.1, -0.05) is 11.6 Å². The summed E-state index contributed by atoms with van der Waals surface area (Å²) < 4.78 is 26.9. The first kappa shape index (κ1) is 15.3. The van der Waals surface area contributed by atoms with Gasteiger partial charge in [0.2, 0.25) is 0 Å². The Kier molecular flexibility index (Phi) is 4.67. The van der Waals surface area contributed by atoms with Gasteiger partial charge in [0.25, 0.3) is 5.91 Å². The molecule has 0 saturated heterocycles. The van der Waals surface area contributed by atoms with Gasteiger partial charge in [0.1, 0.15) is 11.6 Å². The maximum atomic E-state index is 13.6. The molecule has 0 saturated carbocycles. The number of hydrogen-bond donors (Lipinski definition) is 2. The standard InChI is InChI=1S/C13H7BrClF2NOS/c14-9-3-6(16)4-10(15)12(9)18-13(19)8-5-7(20)1-2-11(8)17/h1-5,20H,(H,18,19). The molecule has 0 aliphatic carbocycles. The van der Waals surface area contributed by atoms with E-state index in [0.717, 1.165) is 18.2 Å². The molecule has 2 aromatic rings. The number of thiol groups is 1. The maximum absolute atomic E-state index is 13.6. The second-order valence-electron chi connectivity index (χ2n) is 3.86. The lowest BCUT2D eigenvalue weighted by Gasteiger charge is -2.10. The van der Waals surface area contributed by atoms with Crippen LogP contribution in [0.1, 0.15) is 10.4 Å². The van der Waals surface area contributed by atoms with Gasteiger partial charge in [-0.2, -0.15) is 0 Å². The third kappa shape index (κ3) is 3.31. The highest BCUT2D eigenvalue weighted by Crippen LogP contribution is 2.32. The molecule has 0 fully saturated rings. The van der Waals surface area contributed by atoms with E-state index in [4.69, 9.17) is 11.6 Å². The van der Waals surface area contributed by atoms with E-state index in [9.17, 15) is 13.6 Å². The van der Waals surface area contributed by atoms with Crippen molar-refractivity contribution < 1.29 is 13.6 Å². The Morgan fingerprint density at radius 1 is 1.25 bits per heavy atom. The van der Waals surface area contributed by atoms with Crippen LogP contribution in [0, 0.1) is 11.6 Å². The quantitative estimate of drug-likeness (QED) is 0.714. The maximum Gasteiger partial charge on any atom is 0.258 e. The van der Waals surface area contributed by atoms with E-state index in [0.29, 0.717) is 4.90 Å². The molecule has 2 rings (SSSR count). The van der Waals surface area contributed by atoms with Gasteiger partial charge in [0.15, 0.2) is 0 Å². The molecule has 2 aromatic carbocycles. The van der Waals surface area contributed by atoms with Crippen molar-refractivity contribution in [1.29, 1.82) is 0 Å². The lowest BCUT2D eigenvalue weighted by molar-refractivity contribution is 0.102. The molecule has 2 nitrogen and oxygen atoms in total. The number of hydrogen-bond acceptors (Lipinski definition) is 2. The van der Waals surface area contributed by atoms with Crippen LogP contribution in [0.25, 0.3) is 0 Å². The van der Waals surface area contributed by atoms with Gasteiger partial charge in [-0.05, 0) is 46.3 Å². The fourth-order valence-corrected chi connectivity index (χ4v) is 2.63. The zero-order valence-corrected chi connectivity index (χ0v) is 13.0. The number of nitrogens with one attached hydrogen (secondary N) is 1. The van der Waals surface area contributed by atoms with Gasteiger partial charge in [0.05, 0.1) is 16.3 Å². The lowest BCUT2D eigenvalue weighted by atomic mass is 10.2. The van der Waals surface area contributed by atoms with Crippen LogP contribution in [-0.2, 0) is 0 Å². The van der Waals surface area contributed by atoms with Crippen LogP contribution < -0.4 is 5.32 Å². The number of amides is 1. The minimum Gasteiger partial charge on any atom is -0.320 e. The Hall–Kier alpha value is -1.11. The summed E-state index contributed by atoms with van der Waals surface area (Å²) in [6.45, 7) is 0. The van der Waals surface area contributed by atoms with E-state index in [1.165, 1.54) is 12.1 Å². The molecular weight excluding hydrogens is 372 g/mol. The first-order valence-electron chi connectivity index (χ1n) is 5.33. The van der Waals surface area contributed by atoms with Crippen molar-refractivity contribution in [3.05, 3.63) is 57.0 Å². The highest BCUT2D eigenvalue weighted by molar-refractivity contribution is 9.10. The van der Waals surface area contributed by atoms with Crippen molar-refractivity contribution in [1.82, 2.24) is 0 Å². The average molecular weight is 379 g/mol. The SMILES string of the molecule is O=C(Nc1c(Cl)cc(F)cc1Br)c1cc(S)ccc1F. The summed E-state index contributed by atoms with van der Waals surface area (Å²) in [5.74, 6) is -1.94. The molecule has 0 heterocycles. The van der Waals surface area contributed by atoms with Crippen LogP contribution in [0.15, 0.2) is 39.7 Å². The van der Waals surface area contributed by atoms with E-state index in [1.54, 1.807) is 0 Å². The first-order valence-corrected chi connectivity index (χ1v) is 6.94. The minimum absolute atomic E-state index is 0.00709. The van der Waals surface area contributed by atoms with E-state index in [1.807, 2.05) is 0 Å². The van der Waals surface area contributed by atoms with Gasteiger partial charge in [-0.25, -0.2) is 8.78 Å². The highest BCUT2D eigenvalue weighted by atomic mass is 79.9. The number of carbonyl (C=O) groups excluding carboxylic acids is 1. The molecular formula is C13H7BrClF2NOS. The van der Waals surface area contributed by atoms with Crippen LogP contribution in [0.5, 0.6) is 0 Å². The van der Waals surface area contributed by atoms with Crippen LogP contribution >= 0.6 is 40.2 Å². The van der Waals surface area contributed by atoms with E-state index >= 15 is 0 Å². The molecule has 0 atom stereocenters. The molecule has 104 valence electrons. The number of benzene rings is 2. The third-order valence-corrected chi connectivity index (χ3v) is 3.64. The Morgan fingerprint density at radius 3 is 2.60 bits per heavy atom. The van der Waals surface area contributed by atoms with Crippen LogP contribution in [0.3, 0.4) is 0 Å². The zero-order valence-electron chi connectivity index (χ0n) is 9.75. The van der Waals surface area contributed by atoms with Gasteiger partial charge >= 0.3 is 0 Å². The fraction of sp³-hybridized carbons (Fsp3) is 0. The van der Waals surface area contributed by atoms with E-state index < -0.39 is 17.5 Å². The Bertz CT molecular complexity index is 673. The monoisotopic (exact) mass is 377 g/mol. The minimum atomic E-state index is -0.701. The summed E-state index contributed by atoms with van der Waals surface area (Å²) in [5, 5.41) is 2.44. The van der Waals surface area contributed by atoms with Crippen molar-refractivity contribution in [3.8, 4) is 0 Å². The van der Waals surface area contributed by atoms with Crippen molar-refractivity contribution in [2.75, 3.05) is 5.32 Å². The van der Waals surface area contributed by atoms with Crippen molar-refractivity contribution in [2.24, 2.45) is 0 Å². The summed E-state index contributed by atoms with van der Waals surface area (Å²) in [7, 11) is 0. The summed E-state index contributed by atoms with van der Waals surface area (Å²) in [6.07, 6.45) is 0. The van der Waals surface area contributed by atoms with Gasteiger partial charge < -0.3 is 5.32 Å². The molecule has 20 heavy (non-hydrogen) atoms. The zero-order chi connectivity index (χ0) is 14.9. The second kappa shape index (κ2) is 6.11. The number of carbonyl (C=O) groups is 1. The normalized spacial score (nSPS) is 10.4. The number of halogens is 4. The Morgan fingerprint density at radius 2 is 1.95 bits per heavy atom. The second-order valence-corrected chi connectivity index (χ2v) is 5.64. The molecule has 0 spiro atoms. The molecule has 0 aliphatic heterocycles. The van der Waals surface area contributed by atoms with Crippen LogP contribution in [0.4, 0.5) is 14.5 Å². The molecule has 0 unspecified atom stereocenters. The smallest absolute Gasteiger partial charge is 0.258 e. The lowest BCUT2D eigenvalue weighted by Crippen LogP contribution is -2.14. The average Bonchev–Trinajstić information content (AvgIpc) is 2.36. The van der Waals surface area contributed by atoms with Crippen molar-refractivity contribution in [2.45, 2.75) is 4.90 Å². The number of anilines is 1. The Labute approximate surface area is 132 Å². The molecule has 7 heteroatoms. The fourth-order valence-electron chi connectivity index (χ4n) is 1.53. The molecule has 1 N–H and O–H groups in total. The highest BCUT2D eigenvalue weighted by Gasteiger charge is 2.16. The molecule has 0 aromatic heterocycles. The third-order valence-electron chi connectivity index (χ3n) is 2.44. The predicted molar refractivity (Wildman–Crippen MR) is 80.7 cm³/mol. The molecule has 0 bridgehead atoms. The summed E-state index contributed by atoms with van der Waals surface area (Å²) >= 11 is 13.0.